The SMILES string of the molecule is CC(C)(C)OC(=O)Nc1ccncc1O.CCN(CC)C(=O)O. The van der Waals surface area contributed by atoms with Gasteiger partial charge in [0.05, 0.1) is 11.9 Å². The number of amides is 2. The van der Waals surface area contributed by atoms with Gasteiger partial charge in [-0.1, -0.05) is 0 Å². The average molecular weight is 327 g/mol. The largest absolute Gasteiger partial charge is 0.504 e. The van der Waals surface area contributed by atoms with Crippen molar-refractivity contribution < 1.29 is 24.5 Å². The maximum Gasteiger partial charge on any atom is 0.412 e. The van der Waals surface area contributed by atoms with Gasteiger partial charge in [0.2, 0.25) is 0 Å². The topological polar surface area (TPSA) is 112 Å². The molecule has 0 bridgehead atoms. The lowest BCUT2D eigenvalue weighted by Gasteiger charge is -2.19. The molecule has 0 saturated carbocycles. The van der Waals surface area contributed by atoms with Gasteiger partial charge >= 0.3 is 12.2 Å². The molecule has 0 aliphatic rings. The van der Waals surface area contributed by atoms with Crippen LogP contribution in [-0.4, -0.2) is 51.0 Å². The molecule has 3 N–H and O–H groups in total. The van der Waals surface area contributed by atoms with Crippen LogP contribution in [0, 0.1) is 0 Å². The molecule has 0 aromatic carbocycles. The average Bonchev–Trinajstić information content (AvgIpc) is 2.41. The van der Waals surface area contributed by atoms with Crippen molar-refractivity contribution in [2.45, 2.75) is 40.2 Å². The molecule has 2 amide bonds. The number of pyridine rings is 1. The third-order valence-corrected chi connectivity index (χ3v) is 2.47. The first kappa shape index (κ1) is 20.5. The molecule has 130 valence electrons. The van der Waals surface area contributed by atoms with Crippen LogP contribution in [0.4, 0.5) is 15.3 Å². The molecule has 0 fully saturated rings. The number of carboxylic acid groups (broad SMARTS) is 1. The van der Waals surface area contributed by atoms with Crippen LogP contribution in [0.25, 0.3) is 0 Å². The number of hydrogen-bond donors (Lipinski definition) is 3. The maximum atomic E-state index is 11.3. The smallest absolute Gasteiger partial charge is 0.412 e. The van der Waals surface area contributed by atoms with E-state index < -0.39 is 17.8 Å². The van der Waals surface area contributed by atoms with E-state index in [1.54, 1.807) is 20.8 Å². The second-order valence-corrected chi connectivity index (χ2v) is 5.47. The number of nitrogens with one attached hydrogen (secondary N) is 1. The molecule has 1 heterocycles. The third kappa shape index (κ3) is 9.18. The summed E-state index contributed by atoms with van der Waals surface area (Å²) in [6, 6.07) is 1.49. The van der Waals surface area contributed by atoms with Gasteiger partial charge in [-0.25, -0.2) is 9.59 Å². The van der Waals surface area contributed by atoms with Gasteiger partial charge in [0.25, 0.3) is 0 Å². The fourth-order valence-corrected chi connectivity index (χ4v) is 1.40. The Morgan fingerprint density at radius 1 is 1.30 bits per heavy atom. The van der Waals surface area contributed by atoms with E-state index in [9.17, 15) is 14.7 Å². The second kappa shape index (κ2) is 9.50. The number of carbonyl (C=O) groups is 2. The Bertz CT molecular complexity index is 510. The van der Waals surface area contributed by atoms with Gasteiger partial charge in [0, 0.05) is 19.3 Å². The van der Waals surface area contributed by atoms with E-state index in [2.05, 4.69) is 10.3 Å². The van der Waals surface area contributed by atoms with Crippen LogP contribution < -0.4 is 5.32 Å². The zero-order valence-corrected chi connectivity index (χ0v) is 14.2. The molecule has 1 aromatic rings. The van der Waals surface area contributed by atoms with E-state index in [0.29, 0.717) is 13.1 Å². The lowest BCUT2D eigenvalue weighted by molar-refractivity contribution is 0.0635. The minimum Gasteiger partial charge on any atom is -0.504 e. The molecule has 0 aliphatic heterocycles. The van der Waals surface area contributed by atoms with Gasteiger partial charge in [-0.2, -0.15) is 0 Å². The predicted octanol–water partition coefficient (Wildman–Crippen LogP) is 3.14. The molecular formula is C15H25N3O5. The molecule has 0 atom stereocenters. The zero-order chi connectivity index (χ0) is 18.0. The van der Waals surface area contributed by atoms with Crippen molar-refractivity contribution >= 4 is 17.9 Å². The highest BCUT2D eigenvalue weighted by atomic mass is 16.6. The highest BCUT2D eigenvalue weighted by Crippen LogP contribution is 2.20. The number of nitrogens with zero attached hydrogens (tertiary/aromatic N) is 2. The van der Waals surface area contributed by atoms with Crippen molar-refractivity contribution in [3.05, 3.63) is 18.5 Å². The molecule has 1 aromatic heterocycles. The molecule has 8 heteroatoms. The Hall–Kier alpha value is -2.51. The summed E-state index contributed by atoms with van der Waals surface area (Å²) < 4.78 is 5.02. The fourth-order valence-electron chi connectivity index (χ4n) is 1.40. The highest BCUT2D eigenvalue weighted by molar-refractivity contribution is 5.86. The van der Waals surface area contributed by atoms with Crippen LogP contribution in [-0.2, 0) is 4.74 Å². The van der Waals surface area contributed by atoms with Crippen LogP contribution in [0.1, 0.15) is 34.6 Å². The van der Waals surface area contributed by atoms with Gasteiger partial charge in [-0.05, 0) is 40.7 Å². The van der Waals surface area contributed by atoms with E-state index in [1.165, 1.54) is 23.4 Å². The number of hydrogen-bond acceptors (Lipinski definition) is 5. The molecular weight excluding hydrogens is 302 g/mol. The standard InChI is InChI=1S/C10H14N2O3.C5H11NO2/c1-10(2,3)15-9(14)12-7-4-5-11-6-8(7)13;1-3-6(4-2)5(7)8/h4-6,13H,1-3H3,(H,11,12,14);3-4H2,1-2H3,(H,7,8). The summed E-state index contributed by atoms with van der Waals surface area (Å²) in [5.41, 5.74) is -0.286. The van der Waals surface area contributed by atoms with Crippen LogP contribution in [0.15, 0.2) is 18.5 Å². The van der Waals surface area contributed by atoms with Crippen molar-refractivity contribution in [3.63, 3.8) is 0 Å². The van der Waals surface area contributed by atoms with Gasteiger partial charge < -0.3 is 19.8 Å². The summed E-state index contributed by atoms with van der Waals surface area (Å²) in [7, 11) is 0. The fraction of sp³-hybridized carbons (Fsp3) is 0.533. The first-order chi connectivity index (χ1) is 10.6. The molecule has 0 spiro atoms. The zero-order valence-electron chi connectivity index (χ0n) is 14.2. The van der Waals surface area contributed by atoms with E-state index >= 15 is 0 Å². The number of rotatable bonds is 3. The normalized spacial score (nSPS) is 10.1. The Morgan fingerprint density at radius 2 is 1.87 bits per heavy atom. The number of aromatic hydroxyl groups is 1. The Labute approximate surface area is 136 Å². The minimum atomic E-state index is -0.838. The van der Waals surface area contributed by atoms with Gasteiger partial charge in [-0.3, -0.25) is 10.3 Å². The van der Waals surface area contributed by atoms with Gasteiger partial charge in [0.1, 0.15) is 5.60 Å². The quantitative estimate of drug-likeness (QED) is 0.786. The van der Waals surface area contributed by atoms with Crippen molar-refractivity contribution in [1.29, 1.82) is 0 Å². The Kier molecular flexibility index (Phi) is 8.46. The van der Waals surface area contributed by atoms with Crippen molar-refractivity contribution in [2.24, 2.45) is 0 Å². The molecule has 1 rings (SSSR count). The van der Waals surface area contributed by atoms with Gasteiger partial charge in [-0.15, -0.1) is 0 Å². The van der Waals surface area contributed by atoms with E-state index in [0.717, 1.165) is 0 Å². The Balaban J connectivity index is 0.000000515. The molecule has 0 unspecified atom stereocenters. The first-order valence-electron chi connectivity index (χ1n) is 7.21. The van der Waals surface area contributed by atoms with Crippen molar-refractivity contribution in [1.82, 2.24) is 9.88 Å². The number of carbonyl (C=O) groups excluding carboxylic acids is 1. The molecule has 0 aliphatic carbocycles. The summed E-state index contributed by atoms with van der Waals surface area (Å²) in [4.78, 5) is 26.4. The van der Waals surface area contributed by atoms with Crippen molar-refractivity contribution in [3.8, 4) is 5.75 Å². The second-order valence-electron chi connectivity index (χ2n) is 5.47. The molecule has 0 radical (unpaired) electrons. The van der Waals surface area contributed by atoms with Crippen LogP contribution in [0.2, 0.25) is 0 Å². The van der Waals surface area contributed by atoms with E-state index in [4.69, 9.17) is 9.84 Å². The number of ether oxygens (including phenoxy) is 1. The molecule has 8 nitrogen and oxygen atoms in total. The lowest BCUT2D eigenvalue weighted by atomic mass is 10.2. The summed E-state index contributed by atoms with van der Waals surface area (Å²) in [5, 5.41) is 20.0. The van der Waals surface area contributed by atoms with E-state index in [1.807, 2.05) is 13.8 Å². The number of anilines is 1. The summed E-state index contributed by atoms with van der Waals surface area (Å²) in [6.07, 6.45) is 1.26. The molecule has 23 heavy (non-hydrogen) atoms. The molecule has 0 saturated heterocycles. The first-order valence-corrected chi connectivity index (χ1v) is 7.21. The van der Waals surface area contributed by atoms with Crippen LogP contribution in [0.3, 0.4) is 0 Å². The van der Waals surface area contributed by atoms with Crippen molar-refractivity contribution in [2.75, 3.05) is 18.4 Å². The summed E-state index contributed by atoms with van der Waals surface area (Å²) in [6.45, 7) is 10.1. The monoisotopic (exact) mass is 327 g/mol. The highest BCUT2D eigenvalue weighted by Gasteiger charge is 2.16. The minimum absolute atomic E-state index is 0.0941. The van der Waals surface area contributed by atoms with E-state index in [-0.39, 0.29) is 11.4 Å². The lowest BCUT2D eigenvalue weighted by Crippen LogP contribution is -2.28. The summed E-state index contributed by atoms with van der Waals surface area (Å²) in [5.74, 6) is -0.0941. The summed E-state index contributed by atoms with van der Waals surface area (Å²) >= 11 is 0. The van der Waals surface area contributed by atoms with Crippen LogP contribution in [0.5, 0.6) is 5.75 Å². The Morgan fingerprint density at radius 3 is 2.22 bits per heavy atom. The van der Waals surface area contributed by atoms with Gasteiger partial charge in [0.15, 0.2) is 5.75 Å². The number of aromatic nitrogens is 1. The predicted molar refractivity (Wildman–Crippen MR) is 86.7 cm³/mol. The maximum absolute atomic E-state index is 11.3. The third-order valence-electron chi connectivity index (χ3n) is 2.47. The van der Waals surface area contributed by atoms with Crippen LogP contribution >= 0.6 is 0 Å².